The summed E-state index contributed by atoms with van der Waals surface area (Å²) in [6.07, 6.45) is 10.5. The molecule has 0 fully saturated rings. The summed E-state index contributed by atoms with van der Waals surface area (Å²) in [7, 11) is 0. The van der Waals surface area contributed by atoms with Crippen LogP contribution in [0.15, 0.2) is 23.8 Å². The first-order valence-electron chi connectivity index (χ1n) is 4.80. The standard InChI is InChI=1S/C11H18O/c1-3-10(2)12-9-11-7-5-4-6-8-11/h5,7-8,10H,3-4,6,9H2,1-2H3/t10-/m1/s1. The third kappa shape index (κ3) is 3.22. The van der Waals surface area contributed by atoms with Gasteiger partial charge in [-0.1, -0.05) is 25.2 Å². The fourth-order valence-corrected chi connectivity index (χ4v) is 1.13. The van der Waals surface area contributed by atoms with Crippen molar-refractivity contribution in [1.29, 1.82) is 0 Å². The second kappa shape index (κ2) is 5.15. The molecule has 68 valence electrons. The van der Waals surface area contributed by atoms with E-state index in [4.69, 9.17) is 4.74 Å². The van der Waals surface area contributed by atoms with E-state index >= 15 is 0 Å². The van der Waals surface area contributed by atoms with Gasteiger partial charge in [0.25, 0.3) is 0 Å². The molecule has 1 nitrogen and oxygen atoms in total. The summed E-state index contributed by atoms with van der Waals surface area (Å²) in [6.45, 7) is 5.05. The highest BCUT2D eigenvalue weighted by Crippen LogP contribution is 2.10. The smallest absolute Gasteiger partial charge is 0.0717 e. The van der Waals surface area contributed by atoms with Crippen LogP contribution in [0.3, 0.4) is 0 Å². The SMILES string of the molecule is CC[C@@H](C)OCC1=CCCC=C1. The molecule has 0 saturated heterocycles. The van der Waals surface area contributed by atoms with Crippen LogP contribution in [0.2, 0.25) is 0 Å². The molecule has 0 unspecified atom stereocenters. The summed E-state index contributed by atoms with van der Waals surface area (Å²) < 4.78 is 5.61. The van der Waals surface area contributed by atoms with Gasteiger partial charge in [0.15, 0.2) is 0 Å². The lowest BCUT2D eigenvalue weighted by molar-refractivity contribution is 0.0820. The molecule has 0 spiro atoms. The van der Waals surface area contributed by atoms with E-state index in [2.05, 4.69) is 32.1 Å². The molecule has 0 aromatic carbocycles. The second-order valence-corrected chi connectivity index (χ2v) is 3.29. The highest BCUT2D eigenvalue weighted by molar-refractivity contribution is 5.22. The van der Waals surface area contributed by atoms with Gasteiger partial charge in [-0.2, -0.15) is 0 Å². The Balaban J connectivity index is 2.22. The van der Waals surface area contributed by atoms with E-state index in [0.717, 1.165) is 13.0 Å². The zero-order valence-corrected chi connectivity index (χ0v) is 8.05. The number of ether oxygens (including phenoxy) is 1. The van der Waals surface area contributed by atoms with Gasteiger partial charge in [0.05, 0.1) is 12.7 Å². The van der Waals surface area contributed by atoms with Crippen LogP contribution >= 0.6 is 0 Å². The molecular formula is C11H18O. The second-order valence-electron chi connectivity index (χ2n) is 3.29. The summed E-state index contributed by atoms with van der Waals surface area (Å²) in [5.74, 6) is 0. The summed E-state index contributed by atoms with van der Waals surface area (Å²) in [5, 5.41) is 0. The Morgan fingerprint density at radius 2 is 2.33 bits per heavy atom. The van der Waals surface area contributed by atoms with E-state index in [9.17, 15) is 0 Å². The molecule has 0 N–H and O–H groups in total. The molecule has 0 aliphatic heterocycles. The number of hydrogen-bond donors (Lipinski definition) is 0. The number of rotatable bonds is 4. The van der Waals surface area contributed by atoms with Gasteiger partial charge in [-0.25, -0.2) is 0 Å². The Hall–Kier alpha value is -0.560. The fraction of sp³-hybridized carbons (Fsp3) is 0.636. The molecule has 1 heteroatoms. The van der Waals surface area contributed by atoms with Gasteiger partial charge in [0, 0.05) is 0 Å². The lowest BCUT2D eigenvalue weighted by atomic mass is 10.1. The first-order valence-corrected chi connectivity index (χ1v) is 4.80. The largest absolute Gasteiger partial charge is 0.374 e. The number of allylic oxidation sites excluding steroid dienone is 2. The van der Waals surface area contributed by atoms with Crippen molar-refractivity contribution in [2.24, 2.45) is 0 Å². The maximum Gasteiger partial charge on any atom is 0.0717 e. The normalized spacial score (nSPS) is 19.0. The number of hydrogen-bond acceptors (Lipinski definition) is 1. The average molecular weight is 166 g/mol. The first-order chi connectivity index (χ1) is 5.83. The molecule has 0 saturated carbocycles. The predicted molar refractivity (Wildman–Crippen MR) is 52.2 cm³/mol. The fourth-order valence-electron chi connectivity index (χ4n) is 1.13. The Labute approximate surface area is 75.1 Å². The minimum Gasteiger partial charge on any atom is -0.374 e. The van der Waals surface area contributed by atoms with Crippen molar-refractivity contribution in [3.63, 3.8) is 0 Å². The van der Waals surface area contributed by atoms with Crippen molar-refractivity contribution in [3.05, 3.63) is 23.8 Å². The van der Waals surface area contributed by atoms with Gasteiger partial charge < -0.3 is 4.74 Å². The molecule has 1 aliphatic carbocycles. The van der Waals surface area contributed by atoms with Crippen molar-refractivity contribution < 1.29 is 4.74 Å². The molecule has 1 rings (SSSR count). The molecule has 0 aromatic heterocycles. The Morgan fingerprint density at radius 3 is 2.92 bits per heavy atom. The van der Waals surface area contributed by atoms with Gasteiger partial charge in [-0.3, -0.25) is 0 Å². The van der Waals surface area contributed by atoms with Crippen LogP contribution in [0.5, 0.6) is 0 Å². The summed E-state index contributed by atoms with van der Waals surface area (Å²) in [5.41, 5.74) is 1.33. The highest BCUT2D eigenvalue weighted by atomic mass is 16.5. The zero-order chi connectivity index (χ0) is 8.81. The van der Waals surface area contributed by atoms with Gasteiger partial charge in [0.1, 0.15) is 0 Å². The van der Waals surface area contributed by atoms with Gasteiger partial charge in [0.2, 0.25) is 0 Å². The van der Waals surface area contributed by atoms with E-state index in [-0.39, 0.29) is 0 Å². The van der Waals surface area contributed by atoms with E-state index in [1.807, 2.05) is 0 Å². The van der Waals surface area contributed by atoms with Crippen LogP contribution in [0, 0.1) is 0 Å². The monoisotopic (exact) mass is 166 g/mol. The average Bonchev–Trinajstić information content (AvgIpc) is 2.16. The van der Waals surface area contributed by atoms with E-state index < -0.39 is 0 Å². The van der Waals surface area contributed by atoms with E-state index in [1.54, 1.807) is 0 Å². The lowest BCUT2D eigenvalue weighted by Gasteiger charge is -2.12. The predicted octanol–water partition coefficient (Wildman–Crippen LogP) is 3.08. The topological polar surface area (TPSA) is 9.23 Å². The van der Waals surface area contributed by atoms with E-state index in [1.165, 1.54) is 18.4 Å². The maximum absolute atomic E-state index is 5.61. The summed E-state index contributed by atoms with van der Waals surface area (Å²) in [6, 6.07) is 0. The van der Waals surface area contributed by atoms with Gasteiger partial charge in [-0.15, -0.1) is 0 Å². The van der Waals surface area contributed by atoms with Crippen LogP contribution in [0.25, 0.3) is 0 Å². The molecule has 0 aromatic rings. The van der Waals surface area contributed by atoms with Crippen LogP contribution in [0.1, 0.15) is 33.1 Å². The van der Waals surface area contributed by atoms with Crippen molar-refractivity contribution in [2.75, 3.05) is 6.61 Å². The lowest BCUT2D eigenvalue weighted by Crippen LogP contribution is -2.08. The van der Waals surface area contributed by atoms with Crippen molar-refractivity contribution in [2.45, 2.75) is 39.2 Å². The Bertz CT molecular complexity index is 179. The molecule has 0 bridgehead atoms. The molecule has 1 atom stereocenters. The quantitative estimate of drug-likeness (QED) is 0.623. The Morgan fingerprint density at radius 1 is 1.50 bits per heavy atom. The van der Waals surface area contributed by atoms with Gasteiger partial charge >= 0.3 is 0 Å². The Kier molecular flexibility index (Phi) is 4.09. The summed E-state index contributed by atoms with van der Waals surface area (Å²) in [4.78, 5) is 0. The van der Waals surface area contributed by atoms with Crippen LogP contribution in [-0.4, -0.2) is 12.7 Å². The maximum atomic E-state index is 5.61. The highest BCUT2D eigenvalue weighted by Gasteiger charge is 2.01. The molecule has 12 heavy (non-hydrogen) atoms. The minimum absolute atomic E-state index is 0.390. The molecule has 0 amide bonds. The van der Waals surface area contributed by atoms with Crippen molar-refractivity contribution in [1.82, 2.24) is 0 Å². The molecular weight excluding hydrogens is 148 g/mol. The zero-order valence-electron chi connectivity index (χ0n) is 8.05. The third-order valence-corrected chi connectivity index (χ3v) is 2.18. The van der Waals surface area contributed by atoms with Crippen LogP contribution in [0.4, 0.5) is 0 Å². The third-order valence-electron chi connectivity index (χ3n) is 2.18. The molecule has 0 radical (unpaired) electrons. The first kappa shape index (κ1) is 9.53. The van der Waals surface area contributed by atoms with E-state index in [0.29, 0.717) is 6.10 Å². The van der Waals surface area contributed by atoms with Crippen molar-refractivity contribution in [3.8, 4) is 0 Å². The minimum atomic E-state index is 0.390. The van der Waals surface area contributed by atoms with Crippen LogP contribution in [-0.2, 0) is 4.74 Å². The molecule has 1 aliphatic rings. The van der Waals surface area contributed by atoms with Crippen molar-refractivity contribution >= 4 is 0 Å². The van der Waals surface area contributed by atoms with Gasteiger partial charge in [-0.05, 0) is 31.8 Å². The summed E-state index contributed by atoms with van der Waals surface area (Å²) >= 11 is 0. The molecule has 0 heterocycles. The van der Waals surface area contributed by atoms with Crippen LogP contribution < -0.4 is 0 Å².